The summed E-state index contributed by atoms with van der Waals surface area (Å²) >= 11 is 0. The number of nitrogens with zero attached hydrogens (tertiary/aromatic N) is 2. The third kappa shape index (κ3) is 28.1. The molecule has 1 N–H and O–H groups in total. The number of carboxylic acids is 1. The number of aliphatic carboxylic acids is 1. The molecule has 6 atom stereocenters. The monoisotopic (exact) mass is 927 g/mol. The fourth-order valence-corrected chi connectivity index (χ4v) is 9.41. The Kier molecular flexibility index (Phi) is 39.3. The Labute approximate surface area is 398 Å². The SMILES string of the molecule is CCCCCCCCCCCCCCC(CC)N(C(=O)O[C@@H]1CCCO[C@H]1N(C(=O)OC)C(CCC(CC)OCOCCOC)C(=O)O)C(CC)CCCCCCCCCCCCCC. The summed E-state index contributed by atoms with van der Waals surface area (Å²) < 4.78 is 34.2. The van der Waals surface area contributed by atoms with Gasteiger partial charge in [0.2, 0.25) is 0 Å². The molecule has 0 bridgehead atoms. The van der Waals surface area contributed by atoms with Crippen molar-refractivity contribution in [2.24, 2.45) is 0 Å². The molecule has 12 nitrogen and oxygen atoms in total. The van der Waals surface area contributed by atoms with Crippen molar-refractivity contribution in [2.45, 2.75) is 283 Å². The number of methoxy groups -OCH3 is 2. The molecule has 0 saturated carbocycles. The highest BCUT2D eigenvalue weighted by Gasteiger charge is 2.44. The molecule has 1 rings (SSSR count). The molecule has 0 aromatic carbocycles. The van der Waals surface area contributed by atoms with E-state index in [4.69, 9.17) is 28.4 Å². The van der Waals surface area contributed by atoms with Gasteiger partial charge in [-0.1, -0.05) is 189 Å². The van der Waals surface area contributed by atoms with Gasteiger partial charge in [0.05, 0.1) is 26.4 Å². The molecule has 1 heterocycles. The summed E-state index contributed by atoms with van der Waals surface area (Å²) in [6, 6.07) is -1.26. The van der Waals surface area contributed by atoms with Crippen LogP contribution >= 0.6 is 0 Å². The smallest absolute Gasteiger partial charge is 0.412 e. The van der Waals surface area contributed by atoms with Crippen molar-refractivity contribution < 1.29 is 47.9 Å². The third-order valence-electron chi connectivity index (χ3n) is 13.5. The molecule has 0 spiro atoms. The van der Waals surface area contributed by atoms with E-state index in [1.54, 1.807) is 7.11 Å². The van der Waals surface area contributed by atoms with Gasteiger partial charge < -0.3 is 38.4 Å². The first kappa shape index (κ1) is 60.9. The molecule has 0 aromatic heterocycles. The quantitative estimate of drug-likeness (QED) is 0.0465. The van der Waals surface area contributed by atoms with Gasteiger partial charge in [-0.05, 0) is 57.8 Å². The van der Waals surface area contributed by atoms with Gasteiger partial charge in [-0.25, -0.2) is 14.4 Å². The third-order valence-corrected chi connectivity index (χ3v) is 13.5. The largest absolute Gasteiger partial charge is 0.480 e. The van der Waals surface area contributed by atoms with Crippen molar-refractivity contribution in [3.8, 4) is 0 Å². The van der Waals surface area contributed by atoms with E-state index < -0.39 is 36.5 Å². The number of carboxylic acid groups (broad SMARTS) is 1. The zero-order valence-electron chi connectivity index (χ0n) is 43.1. The molecular weight excluding hydrogens is 825 g/mol. The van der Waals surface area contributed by atoms with E-state index in [1.807, 2.05) is 11.8 Å². The molecule has 1 aliphatic rings. The Morgan fingerprint density at radius 2 is 1.08 bits per heavy atom. The molecule has 2 amide bonds. The Morgan fingerprint density at radius 3 is 1.49 bits per heavy atom. The summed E-state index contributed by atoms with van der Waals surface area (Å²) in [5.74, 6) is -1.19. The van der Waals surface area contributed by atoms with Crippen LogP contribution in [0, 0.1) is 0 Å². The van der Waals surface area contributed by atoms with Crippen LogP contribution in [-0.4, -0.2) is 110 Å². The maximum Gasteiger partial charge on any atom is 0.412 e. The average Bonchev–Trinajstić information content (AvgIpc) is 3.31. The van der Waals surface area contributed by atoms with E-state index in [1.165, 1.54) is 136 Å². The van der Waals surface area contributed by atoms with E-state index >= 15 is 0 Å². The zero-order valence-corrected chi connectivity index (χ0v) is 43.1. The second kappa shape index (κ2) is 42.0. The van der Waals surface area contributed by atoms with Crippen LogP contribution in [0.5, 0.6) is 0 Å². The van der Waals surface area contributed by atoms with Gasteiger partial charge in [-0.2, -0.15) is 0 Å². The van der Waals surface area contributed by atoms with Gasteiger partial charge in [0.1, 0.15) is 18.9 Å². The van der Waals surface area contributed by atoms with Crippen LogP contribution in [0.25, 0.3) is 0 Å². The second-order valence-corrected chi connectivity index (χ2v) is 18.7. The van der Waals surface area contributed by atoms with E-state index in [-0.39, 0.29) is 31.4 Å². The lowest BCUT2D eigenvalue weighted by Crippen LogP contribution is -2.59. The topological polar surface area (TPSA) is 133 Å². The lowest BCUT2D eigenvalue weighted by atomic mass is 9.97. The van der Waals surface area contributed by atoms with Crippen molar-refractivity contribution in [3.63, 3.8) is 0 Å². The van der Waals surface area contributed by atoms with Crippen molar-refractivity contribution in [2.75, 3.05) is 40.8 Å². The molecule has 12 heteroatoms. The predicted octanol–water partition coefficient (Wildman–Crippen LogP) is 14.4. The van der Waals surface area contributed by atoms with Crippen molar-refractivity contribution in [1.82, 2.24) is 9.80 Å². The first-order chi connectivity index (χ1) is 31.7. The Bertz CT molecular complexity index is 1090. The predicted molar refractivity (Wildman–Crippen MR) is 263 cm³/mol. The molecule has 1 fully saturated rings. The van der Waals surface area contributed by atoms with Gasteiger partial charge in [-0.3, -0.25) is 4.90 Å². The number of carbonyl (C=O) groups is 3. The number of hydrogen-bond acceptors (Lipinski definition) is 9. The van der Waals surface area contributed by atoms with E-state index in [0.29, 0.717) is 45.5 Å². The van der Waals surface area contributed by atoms with Crippen molar-refractivity contribution in [1.29, 1.82) is 0 Å². The average molecular weight is 927 g/mol. The summed E-state index contributed by atoms with van der Waals surface area (Å²) in [6.45, 7) is 12.0. The van der Waals surface area contributed by atoms with E-state index in [2.05, 4.69) is 27.7 Å². The van der Waals surface area contributed by atoms with Crippen molar-refractivity contribution in [3.05, 3.63) is 0 Å². The molecule has 0 radical (unpaired) electrons. The summed E-state index contributed by atoms with van der Waals surface area (Å²) in [7, 11) is 2.83. The maximum atomic E-state index is 14.7. The summed E-state index contributed by atoms with van der Waals surface area (Å²) in [5, 5.41) is 10.6. The first-order valence-electron chi connectivity index (χ1n) is 27.1. The number of carbonyl (C=O) groups excluding carboxylic acids is 2. The van der Waals surface area contributed by atoms with Gasteiger partial charge in [0.25, 0.3) is 0 Å². The summed E-state index contributed by atoms with van der Waals surface area (Å²) in [4.78, 5) is 44.4. The summed E-state index contributed by atoms with van der Waals surface area (Å²) in [6.07, 6.45) is 32.9. The standard InChI is InChI=1S/C53H102N2O10/c1-8-13-15-17-19-21-23-25-27-29-31-33-36-45(10-3)54(46(11-4)37-34-32-30-28-26-24-22-20-18-16-14-9-2)53(59)65-49-38-35-41-63-50(49)55(52(58)61-7)48(51(56)57)40-39-47(12-5)64-44-62-43-42-60-6/h45-50H,8-44H2,1-7H3,(H,56,57)/t45?,46?,47?,48?,49-,50-/m1/s1. The number of rotatable bonds is 44. The van der Waals surface area contributed by atoms with Crippen LogP contribution in [0.4, 0.5) is 9.59 Å². The first-order valence-corrected chi connectivity index (χ1v) is 27.1. The Morgan fingerprint density at radius 1 is 0.600 bits per heavy atom. The molecule has 65 heavy (non-hydrogen) atoms. The molecule has 0 aromatic rings. The number of hydrogen-bond donors (Lipinski definition) is 1. The fraction of sp³-hybridized carbons (Fsp3) is 0.943. The molecule has 1 saturated heterocycles. The lowest BCUT2D eigenvalue weighted by molar-refractivity contribution is -0.172. The van der Waals surface area contributed by atoms with Crippen LogP contribution in [-0.2, 0) is 33.2 Å². The number of ether oxygens (including phenoxy) is 6. The highest BCUT2D eigenvalue weighted by atomic mass is 16.7. The number of unbranched alkanes of at least 4 members (excludes halogenated alkanes) is 22. The second-order valence-electron chi connectivity index (χ2n) is 18.7. The molecular formula is C53H102N2O10. The highest BCUT2D eigenvalue weighted by molar-refractivity contribution is 5.80. The van der Waals surface area contributed by atoms with Gasteiger partial charge in [0.15, 0.2) is 6.23 Å². The van der Waals surface area contributed by atoms with E-state index in [9.17, 15) is 19.5 Å². The highest BCUT2D eigenvalue weighted by Crippen LogP contribution is 2.30. The van der Waals surface area contributed by atoms with E-state index in [0.717, 1.165) is 56.3 Å². The van der Waals surface area contributed by atoms with Gasteiger partial charge >= 0.3 is 18.2 Å². The van der Waals surface area contributed by atoms with Crippen LogP contribution in [0.2, 0.25) is 0 Å². The molecule has 384 valence electrons. The molecule has 4 unspecified atom stereocenters. The Balaban J connectivity index is 3.12. The molecule has 0 aliphatic carbocycles. The fourth-order valence-electron chi connectivity index (χ4n) is 9.41. The normalized spacial score (nSPS) is 17.0. The van der Waals surface area contributed by atoms with Gasteiger partial charge in [0, 0.05) is 25.8 Å². The minimum Gasteiger partial charge on any atom is -0.480 e. The minimum atomic E-state index is -1.29. The maximum absolute atomic E-state index is 14.7. The summed E-state index contributed by atoms with van der Waals surface area (Å²) in [5.41, 5.74) is 0. The number of amides is 2. The minimum absolute atomic E-state index is 0.0174. The zero-order chi connectivity index (χ0) is 47.8. The van der Waals surface area contributed by atoms with Crippen LogP contribution in [0.1, 0.15) is 247 Å². The van der Waals surface area contributed by atoms with Crippen molar-refractivity contribution >= 4 is 18.2 Å². The van der Waals surface area contributed by atoms with Crippen LogP contribution in [0.3, 0.4) is 0 Å². The van der Waals surface area contributed by atoms with Gasteiger partial charge in [-0.15, -0.1) is 0 Å². The lowest BCUT2D eigenvalue weighted by Gasteiger charge is -2.43. The van der Waals surface area contributed by atoms with Crippen LogP contribution < -0.4 is 0 Å². The van der Waals surface area contributed by atoms with Crippen LogP contribution in [0.15, 0.2) is 0 Å². The Hall–Kier alpha value is -2.15. The molecule has 1 aliphatic heterocycles.